The maximum Gasteiger partial charge on any atom is 0.0962 e. The Bertz CT molecular complexity index is 786. The summed E-state index contributed by atoms with van der Waals surface area (Å²) in [5.74, 6) is 0. The van der Waals surface area contributed by atoms with Gasteiger partial charge in [-0.1, -0.05) is 18.2 Å². The molecular weight excluding hydrogens is 260 g/mol. The van der Waals surface area contributed by atoms with Gasteiger partial charge in [0.1, 0.15) is 0 Å². The van der Waals surface area contributed by atoms with Crippen LogP contribution in [-0.2, 0) is 6.54 Å². The number of nitrogens with zero attached hydrogens (tertiary/aromatic N) is 3. The van der Waals surface area contributed by atoms with Gasteiger partial charge in [-0.15, -0.1) is 0 Å². The van der Waals surface area contributed by atoms with Crippen LogP contribution in [0.5, 0.6) is 0 Å². The third-order valence-corrected chi connectivity index (χ3v) is 3.88. The Morgan fingerprint density at radius 2 is 2.10 bits per heavy atom. The number of hydrogen-bond donors (Lipinski definition) is 1. The van der Waals surface area contributed by atoms with Gasteiger partial charge in [0.25, 0.3) is 0 Å². The molecule has 0 atom stereocenters. The van der Waals surface area contributed by atoms with E-state index in [2.05, 4.69) is 45.7 Å². The van der Waals surface area contributed by atoms with E-state index in [1.807, 2.05) is 23.9 Å². The summed E-state index contributed by atoms with van der Waals surface area (Å²) < 4.78 is 1.93. The molecule has 2 heterocycles. The first kappa shape index (κ1) is 12.5. The number of benzene rings is 1. The zero-order chi connectivity index (χ0) is 14.2. The lowest BCUT2D eigenvalue weighted by Crippen LogP contribution is -2.15. The molecule has 1 N–H and O–H groups in total. The van der Waals surface area contributed by atoms with Crippen LogP contribution in [0.15, 0.2) is 42.6 Å². The summed E-state index contributed by atoms with van der Waals surface area (Å²) in [7, 11) is 0. The third-order valence-electron chi connectivity index (χ3n) is 3.88. The highest BCUT2D eigenvalue weighted by molar-refractivity contribution is 5.86. The number of para-hydroxylation sites is 1. The fourth-order valence-corrected chi connectivity index (χ4v) is 2.54. The zero-order valence-corrected chi connectivity index (χ0v) is 12.1. The van der Waals surface area contributed by atoms with Gasteiger partial charge in [0.2, 0.25) is 0 Å². The molecule has 4 rings (SSSR count). The molecule has 0 spiro atoms. The molecule has 4 nitrogen and oxygen atoms in total. The summed E-state index contributed by atoms with van der Waals surface area (Å²) in [6.07, 6.45) is 4.61. The van der Waals surface area contributed by atoms with Crippen molar-refractivity contribution < 1.29 is 0 Å². The Morgan fingerprint density at radius 3 is 2.95 bits per heavy atom. The molecule has 1 aromatic carbocycles. The maximum absolute atomic E-state index is 4.67. The summed E-state index contributed by atoms with van der Waals surface area (Å²) in [4.78, 5) is 4.67. The van der Waals surface area contributed by atoms with E-state index < -0.39 is 0 Å². The fourth-order valence-electron chi connectivity index (χ4n) is 2.54. The Balaban J connectivity index is 1.70. The quantitative estimate of drug-likeness (QED) is 0.798. The molecule has 4 heteroatoms. The van der Waals surface area contributed by atoms with E-state index in [0.29, 0.717) is 6.04 Å². The van der Waals surface area contributed by atoms with Crippen molar-refractivity contribution >= 4 is 10.9 Å². The Hall–Kier alpha value is -2.20. The monoisotopic (exact) mass is 278 g/mol. The molecule has 1 aliphatic carbocycles. The highest BCUT2D eigenvalue weighted by atomic mass is 15.3. The maximum atomic E-state index is 4.67. The lowest BCUT2D eigenvalue weighted by atomic mass is 10.2. The number of pyridine rings is 1. The van der Waals surface area contributed by atoms with Crippen LogP contribution < -0.4 is 5.32 Å². The zero-order valence-electron chi connectivity index (χ0n) is 12.1. The second-order valence-corrected chi connectivity index (χ2v) is 5.71. The van der Waals surface area contributed by atoms with Gasteiger partial charge in [-0.05, 0) is 38.0 Å². The summed E-state index contributed by atoms with van der Waals surface area (Å²) in [6, 6.07) is 13.1. The molecule has 3 aromatic rings. The van der Waals surface area contributed by atoms with Crippen molar-refractivity contribution in [3.8, 4) is 5.69 Å². The highest BCUT2D eigenvalue weighted by Crippen LogP contribution is 2.21. The Labute approximate surface area is 123 Å². The smallest absolute Gasteiger partial charge is 0.0962 e. The van der Waals surface area contributed by atoms with Gasteiger partial charge in [-0.25, -0.2) is 4.68 Å². The predicted octanol–water partition coefficient (Wildman–Crippen LogP) is 2.98. The van der Waals surface area contributed by atoms with E-state index in [4.69, 9.17) is 0 Å². The normalized spacial score (nSPS) is 14.7. The van der Waals surface area contributed by atoms with E-state index in [9.17, 15) is 0 Å². The topological polar surface area (TPSA) is 42.7 Å². The number of hydrogen-bond acceptors (Lipinski definition) is 3. The van der Waals surface area contributed by atoms with Crippen LogP contribution in [0.3, 0.4) is 0 Å². The molecule has 0 amide bonds. The van der Waals surface area contributed by atoms with E-state index in [0.717, 1.165) is 34.5 Å². The minimum atomic E-state index is 0.706. The minimum Gasteiger partial charge on any atom is -0.308 e. The van der Waals surface area contributed by atoms with E-state index in [1.54, 1.807) is 0 Å². The van der Waals surface area contributed by atoms with Crippen molar-refractivity contribution in [3.63, 3.8) is 0 Å². The SMILES string of the molecule is Cc1ccc2cccc(-n3ccc(CNC4CC4)n3)c2n1. The Kier molecular flexibility index (Phi) is 2.97. The van der Waals surface area contributed by atoms with Gasteiger partial charge >= 0.3 is 0 Å². The van der Waals surface area contributed by atoms with Crippen molar-refractivity contribution in [2.24, 2.45) is 0 Å². The average molecular weight is 278 g/mol. The molecule has 21 heavy (non-hydrogen) atoms. The number of nitrogens with one attached hydrogen (secondary N) is 1. The van der Waals surface area contributed by atoms with Crippen LogP contribution in [0.1, 0.15) is 24.2 Å². The molecule has 1 fully saturated rings. The van der Waals surface area contributed by atoms with Gasteiger partial charge in [0, 0.05) is 29.9 Å². The van der Waals surface area contributed by atoms with Crippen molar-refractivity contribution in [1.82, 2.24) is 20.1 Å². The summed E-state index contributed by atoms with van der Waals surface area (Å²) in [6.45, 7) is 2.86. The average Bonchev–Trinajstić information content (AvgIpc) is 3.21. The van der Waals surface area contributed by atoms with Gasteiger partial charge in [-0.3, -0.25) is 4.98 Å². The second kappa shape index (κ2) is 4.97. The standard InChI is InChI=1S/C17H18N4/c1-12-5-6-13-3-2-4-16(17(13)19-12)21-10-9-15(20-21)11-18-14-7-8-14/h2-6,9-10,14,18H,7-8,11H2,1H3. The summed E-state index contributed by atoms with van der Waals surface area (Å²) in [5, 5.41) is 9.31. The van der Waals surface area contributed by atoms with Crippen molar-refractivity contribution in [2.45, 2.75) is 32.4 Å². The fraction of sp³-hybridized carbons (Fsp3) is 0.294. The first-order valence-corrected chi connectivity index (χ1v) is 7.44. The van der Waals surface area contributed by atoms with E-state index >= 15 is 0 Å². The van der Waals surface area contributed by atoms with Gasteiger partial charge in [-0.2, -0.15) is 5.10 Å². The van der Waals surface area contributed by atoms with Crippen molar-refractivity contribution in [3.05, 3.63) is 54.0 Å². The second-order valence-electron chi connectivity index (χ2n) is 5.71. The summed E-state index contributed by atoms with van der Waals surface area (Å²) in [5.41, 5.74) is 4.14. The molecule has 0 saturated heterocycles. The number of rotatable bonds is 4. The largest absolute Gasteiger partial charge is 0.308 e. The first-order valence-electron chi connectivity index (χ1n) is 7.44. The third kappa shape index (κ3) is 2.54. The highest BCUT2D eigenvalue weighted by Gasteiger charge is 2.20. The molecule has 106 valence electrons. The van der Waals surface area contributed by atoms with Gasteiger partial charge in [0.15, 0.2) is 0 Å². The predicted molar refractivity (Wildman–Crippen MR) is 83.5 cm³/mol. The van der Waals surface area contributed by atoms with E-state index in [-0.39, 0.29) is 0 Å². The van der Waals surface area contributed by atoms with Crippen LogP contribution in [0, 0.1) is 6.92 Å². The van der Waals surface area contributed by atoms with Gasteiger partial charge < -0.3 is 5.32 Å². The molecule has 1 aliphatic rings. The van der Waals surface area contributed by atoms with Crippen LogP contribution in [0.4, 0.5) is 0 Å². The minimum absolute atomic E-state index is 0.706. The van der Waals surface area contributed by atoms with Crippen LogP contribution in [0.2, 0.25) is 0 Å². The molecule has 2 aromatic heterocycles. The Morgan fingerprint density at radius 1 is 1.19 bits per heavy atom. The van der Waals surface area contributed by atoms with E-state index in [1.165, 1.54) is 12.8 Å². The van der Waals surface area contributed by atoms with Gasteiger partial charge in [0.05, 0.1) is 16.9 Å². The van der Waals surface area contributed by atoms with Crippen LogP contribution in [-0.4, -0.2) is 20.8 Å². The van der Waals surface area contributed by atoms with Crippen LogP contribution >= 0.6 is 0 Å². The van der Waals surface area contributed by atoms with Crippen molar-refractivity contribution in [2.75, 3.05) is 0 Å². The molecule has 0 radical (unpaired) electrons. The van der Waals surface area contributed by atoms with Crippen LogP contribution in [0.25, 0.3) is 16.6 Å². The summed E-state index contributed by atoms with van der Waals surface area (Å²) >= 11 is 0. The first-order chi connectivity index (χ1) is 10.3. The number of fused-ring (bicyclic) bond motifs is 1. The molecule has 0 aliphatic heterocycles. The lowest BCUT2D eigenvalue weighted by molar-refractivity contribution is 0.665. The number of aryl methyl sites for hydroxylation is 1. The molecule has 0 unspecified atom stereocenters. The number of aromatic nitrogens is 3. The molecule has 0 bridgehead atoms. The molecule has 1 saturated carbocycles. The lowest BCUT2D eigenvalue weighted by Gasteiger charge is -2.06. The van der Waals surface area contributed by atoms with Crippen molar-refractivity contribution in [1.29, 1.82) is 0 Å². The molecular formula is C17H18N4.